The maximum Gasteiger partial charge on any atom is 0.227 e. The van der Waals surface area contributed by atoms with Crippen LogP contribution in [0.15, 0.2) is 28.7 Å². The molecule has 4 heteroatoms. The van der Waals surface area contributed by atoms with E-state index in [2.05, 4.69) is 15.9 Å². The fraction of sp³-hybridized carbons (Fsp3) is 0.462. The van der Waals surface area contributed by atoms with Gasteiger partial charge in [-0.05, 0) is 30.5 Å². The molecule has 0 aliphatic carbocycles. The zero-order chi connectivity index (χ0) is 12.3. The largest absolute Gasteiger partial charge is 0.342 e. The molecule has 1 aromatic carbocycles. The van der Waals surface area contributed by atoms with Crippen molar-refractivity contribution >= 4 is 21.8 Å². The van der Waals surface area contributed by atoms with Crippen LogP contribution in [0.25, 0.3) is 0 Å². The molecule has 1 amide bonds. The first kappa shape index (κ1) is 12.6. The van der Waals surface area contributed by atoms with Gasteiger partial charge in [0.05, 0.1) is 6.42 Å². The summed E-state index contributed by atoms with van der Waals surface area (Å²) < 4.78 is 1.00. The van der Waals surface area contributed by atoms with Crippen molar-refractivity contribution in [2.24, 2.45) is 11.7 Å². The van der Waals surface area contributed by atoms with E-state index in [4.69, 9.17) is 5.73 Å². The number of rotatable bonds is 3. The molecule has 1 aliphatic rings. The third-order valence-corrected chi connectivity index (χ3v) is 4.05. The Morgan fingerprint density at radius 3 is 2.88 bits per heavy atom. The second-order valence-electron chi connectivity index (χ2n) is 4.50. The van der Waals surface area contributed by atoms with Crippen molar-refractivity contribution in [2.45, 2.75) is 12.8 Å². The minimum Gasteiger partial charge on any atom is -0.342 e. The fourth-order valence-electron chi connectivity index (χ4n) is 2.17. The molecule has 17 heavy (non-hydrogen) atoms. The number of carbonyl (C=O) groups is 1. The van der Waals surface area contributed by atoms with Gasteiger partial charge in [-0.2, -0.15) is 0 Å². The van der Waals surface area contributed by atoms with Crippen LogP contribution in [0.1, 0.15) is 12.0 Å². The Kier molecular flexibility index (Phi) is 4.18. The van der Waals surface area contributed by atoms with Crippen molar-refractivity contribution in [1.29, 1.82) is 0 Å². The van der Waals surface area contributed by atoms with Gasteiger partial charge in [0.2, 0.25) is 5.91 Å². The average molecular weight is 297 g/mol. The molecule has 3 nitrogen and oxygen atoms in total. The fourth-order valence-corrected chi connectivity index (χ4v) is 2.59. The summed E-state index contributed by atoms with van der Waals surface area (Å²) in [4.78, 5) is 14.0. The molecule has 0 radical (unpaired) electrons. The minimum atomic E-state index is 0.202. The third kappa shape index (κ3) is 3.07. The van der Waals surface area contributed by atoms with Gasteiger partial charge in [0.1, 0.15) is 0 Å². The summed E-state index contributed by atoms with van der Waals surface area (Å²) in [6.07, 6.45) is 1.51. The Morgan fingerprint density at radius 1 is 1.47 bits per heavy atom. The molecule has 1 atom stereocenters. The number of likely N-dealkylation sites (tertiary alicyclic amines) is 1. The topological polar surface area (TPSA) is 46.3 Å². The number of hydrogen-bond donors (Lipinski definition) is 1. The van der Waals surface area contributed by atoms with Crippen molar-refractivity contribution in [1.82, 2.24) is 4.90 Å². The maximum absolute atomic E-state index is 12.1. The lowest BCUT2D eigenvalue weighted by molar-refractivity contribution is -0.129. The minimum absolute atomic E-state index is 0.202. The Bertz CT molecular complexity index is 408. The second-order valence-corrected chi connectivity index (χ2v) is 5.35. The van der Waals surface area contributed by atoms with Crippen molar-refractivity contribution in [3.8, 4) is 0 Å². The van der Waals surface area contributed by atoms with Crippen molar-refractivity contribution in [3.05, 3.63) is 34.3 Å². The Hall–Kier alpha value is -0.870. The molecule has 0 aromatic heterocycles. The van der Waals surface area contributed by atoms with Crippen LogP contribution >= 0.6 is 15.9 Å². The SMILES string of the molecule is NCC1CCN(C(=O)Cc2ccccc2Br)C1. The molecular formula is C13H17BrN2O. The first-order chi connectivity index (χ1) is 8.20. The number of nitrogens with zero attached hydrogens (tertiary/aromatic N) is 1. The van der Waals surface area contributed by atoms with Crippen LogP contribution in [0, 0.1) is 5.92 Å². The van der Waals surface area contributed by atoms with E-state index < -0.39 is 0 Å². The number of hydrogen-bond acceptors (Lipinski definition) is 2. The monoisotopic (exact) mass is 296 g/mol. The molecule has 1 heterocycles. The Labute approximate surface area is 110 Å². The lowest BCUT2D eigenvalue weighted by Crippen LogP contribution is -2.31. The molecule has 1 aromatic rings. The van der Waals surface area contributed by atoms with E-state index in [-0.39, 0.29) is 5.91 Å². The standard InChI is InChI=1S/C13H17BrN2O/c14-12-4-2-1-3-11(12)7-13(17)16-6-5-10(8-15)9-16/h1-4,10H,5-9,15H2. The van der Waals surface area contributed by atoms with Crippen LogP contribution in [0.2, 0.25) is 0 Å². The van der Waals surface area contributed by atoms with Gasteiger partial charge >= 0.3 is 0 Å². The molecular weight excluding hydrogens is 280 g/mol. The molecule has 92 valence electrons. The summed E-state index contributed by atoms with van der Waals surface area (Å²) in [5.74, 6) is 0.686. The lowest BCUT2D eigenvalue weighted by atomic mass is 10.1. The second kappa shape index (κ2) is 5.65. The molecule has 0 saturated carbocycles. The average Bonchev–Trinajstić information content (AvgIpc) is 2.81. The van der Waals surface area contributed by atoms with Crippen molar-refractivity contribution < 1.29 is 4.79 Å². The molecule has 1 saturated heterocycles. The molecule has 1 fully saturated rings. The smallest absolute Gasteiger partial charge is 0.227 e. The zero-order valence-electron chi connectivity index (χ0n) is 9.73. The van der Waals surface area contributed by atoms with E-state index in [0.717, 1.165) is 29.5 Å². The van der Waals surface area contributed by atoms with Gasteiger partial charge in [-0.1, -0.05) is 34.1 Å². The maximum atomic E-state index is 12.1. The van der Waals surface area contributed by atoms with E-state index in [1.165, 1.54) is 0 Å². The first-order valence-electron chi connectivity index (χ1n) is 5.92. The summed E-state index contributed by atoms with van der Waals surface area (Å²) in [6.45, 7) is 2.35. The van der Waals surface area contributed by atoms with Crippen LogP contribution in [0.3, 0.4) is 0 Å². The molecule has 0 spiro atoms. The van der Waals surface area contributed by atoms with Crippen LogP contribution in [0.4, 0.5) is 0 Å². The highest BCUT2D eigenvalue weighted by Crippen LogP contribution is 2.20. The summed E-state index contributed by atoms with van der Waals surface area (Å²) in [6, 6.07) is 7.87. The van der Waals surface area contributed by atoms with E-state index in [1.807, 2.05) is 29.2 Å². The van der Waals surface area contributed by atoms with Gasteiger partial charge < -0.3 is 10.6 Å². The summed E-state index contributed by atoms with van der Waals surface area (Å²) >= 11 is 3.47. The zero-order valence-corrected chi connectivity index (χ0v) is 11.3. The summed E-state index contributed by atoms with van der Waals surface area (Å²) in [5, 5.41) is 0. The van der Waals surface area contributed by atoms with Gasteiger partial charge in [-0.3, -0.25) is 4.79 Å². The van der Waals surface area contributed by atoms with E-state index in [0.29, 0.717) is 18.9 Å². The number of nitrogens with two attached hydrogens (primary N) is 1. The number of halogens is 1. The molecule has 1 aliphatic heterocycles. The van der Waals surface area contributed by atoms with Gasteiger partial charge in [0.15, 0.2) is 0 Å². The van der Waals surface area contributed by atoms with E-state index in [1.54, 1.807) is 0 Å². The third-order valence-electron chi connectivity index (χ3n) is 3.27. The highest BCUT2D eigenvalue weighted by Gasteiger charge is 2.25. The van der Waals surface area contributed by atoms with Crippen LogP contribution < -0.4 is 5.73 Å². The van der Waals surface area contributed by atoms with Crippen LogP contribution in [-0.4, -0.2) is 30.4 Å². The van der Waals surface area contributed by atoms with Crippen LogP contribution in [0.5, 0.6) is 0 Å². The van der Waals surface area contributed by atoms with Crippen molar-refractivity contribution in [3.63, 3.8) is 0 Å². The number of benzene rings is 1. The number of amides is 1. The van der Waals surface area contributed by atoms with Gasteiger partial charge in [-0.25, -0.2) is 0 Å². The van der Waals surface area contributed by atoms with Crippen molar-refractivity contribution in [2.75, 3.05) is 19.6 Å². The van der Waals surface area contributed by atoms with Crippen LogP contribution in [-0.2, 0) is 11.2 Å². The van der Waals surface area contributed by atoms with Gasteiger partial charge in [0, 0.05) is 17.6 Å². The van der Waals surface area contributed by atoms with Gasteiger partial charge in [0.25, 0.3) is 0 Å². The molecule has 2 rings (SSSR count). The van der Waals surface area contributed by atoms with E-state index in [9.17, 15) is 4.79 Å². The summed E-state index contributed by atoms with van der Waals surface area (Å²) in [7, 11) is 0. The summed E-state index contributed by atoms with van der Waals surface area (Å²) in [5.41, 5.74) is 6.68. The molecule has 0 bridgehead atoms. The molecule has 2 N–H and O–H groups in total. The van der Waals surface area contributed by atoms with Gasteiger partial charge in [-0.15, -0.1) is 0 Å². The normalized spacial score (nSPS) is 19.6. The Morgan fingerprint density at radius 2 is 2.24 bits per heavy atom. The Balaban J connectivity index is 1.96. The predicted octanol–water partition coefficient (Wildman–Crippen LogP) is 1.80. The first-order valence-corrected chi connectivity index (χ1v) is 6.71. The number of carbonyl (C=O) groups excluding carboxylic acids is 1. The quantitative estimate of drug-likeness (QED) is 0.924. The predicted molar refractivity (Wildman–Crippen MR) is 71.6 cm³/mol. The highest BCUT2D eigenvalue weighted by molar-refractivity contribution is 9.10. The lowest BCUT2D eigenvalue weighted by Gasteiger charge is -2.16. The molecule has 1 unspecified atom stereocenters. The highest BCUT2D eigenvalue weighted by atomic mass is 79.9. The van der Waals surface area contributed by atoms with E-state index >= 15 is 0 Å².